The molecule has 52 heavy (non-hydrogen) atoms. The minimum Gasteiger partial charge on any atom is -0.208 e. The summed E-state index contributed by atoms with van der Waals surface area (Å²) in [7, 11) is 0. The molecule has 0 fully saturated rings. The Hall–Kier alpha value is -6.19. The van der Waals surface area contributed by atoms with Crippen LogP contribution in [0.15, 0.2) is 164 Å². The van der Waals surface area contributed by atoms with E-state index in [9.17, 15) is 0 Å². The molecule has 1 aliphatic carbocycles. The van der Waals surface area contributed by atoms with Crippen molar-refractivity contribution in [1.29, 1.82) is 0 Å². The molecular formula is C49H39N3. The summed E-state index contributed by atoms with van der Waals surface area (Å²) in [6, 6.07) is 58.2. The molecule has 9 rings (SSSR count). The zero-order valence-corrected chi connectivity index (χ0v) is 29.9. The minimum atomic E-state index is -0.135. The Morgan fingerprint density at radius 2 is 0.769 bits per heavy atom. The molecule has 3 heteroatoms. The topological polar surface area (TPSA) is 38.7 Å². The Balaban J connectivity index is 1.22. The second-order valence-electron chi connectivity index (χ2n) is 14.9. The van der Waals surface area contributed by atoms with Crippen LogP contribution in [0.2, 0.25) is 0 Å². The maximum atomic E-state index is 5.13. The van der Waals surface area contributed by atoms with Crippen LogP contribution < -0.4 is 0 Å². The van der Waals surface area contributed by atoms with Gasteiger partial charge in [0.2, 0.25) is 0 Å². The zero-order chi connectivity index (χ0) is 35.5. The molecule has 0 radical (unpaired) electrons. The number of aromatic nitrogens is 3. The lowest BCUT2D eigenvalue weighted by molar-refractivity contribution is 0.299. The molecule has 0 atom stereocenters. The van der Waals surface area contributed by atoms with Gasteiger partial charge in [-0.15, -0.1) is 0 Å². The maximum Gasteiger partial charge on any atom is 0.164 e. The van der Waals surface area contributed by atoms with Crippen molar-refractivity contribution in [2.75, 3.05) is 0 Å². The lowest BCUT2D eigenvalue weighted by Crippen LogP contribution is -2.43. The van der Waals surface area contributed by atoms with Gasteiger partial charge in [0.25, 0.3) is 0 Å². The van der Waals surface area contributed by atoms with Gasteiger partial charge >= 0.3 is 0 Å². The first-order chi connectivity index (χ1) is 25.3. The Morgan fingerprint density at radius 1 is 0.327 bits per heavy atom. The second-order valence-corrected chi connectivity index (χ2v) is 14.9. The average Bonchev–Trinajstić information content (AvgIpc) is 3.20. The van der Waals surface area contributed by atoms with Gasteiger partial charge < -0.3 is 0 Å². The molecule has 0 saturated carbocycles. The van der Waals surface area contributed by atoms with E-state index in [-0.39, 0.29) is 10.8 Å². The van der Waals surface area contributed by atoms with Gasteiger partial charge in [0.15, 0.2) is 17.5 Å². The van der Waals surface area contributed by atoms with Crippen LogP contribution in [-0.2, 0) is 10.8 Å². The van der Waals surface area contributed by atoms with Crippen molar-refractivity contribution in [1.82, 2.24) is 15.0 Å². The molecule has 7 aromatic carbocycles. The summed E-state index contributed by atoms with van der Waals surface area (Å²) in [6.07, 6.45) is 0. The first-order valence-electron chi connectivity index (χ1n) is 18.0. The Bertz CT molecular complexity index is 2550. The van der Waals surface area contributed by atoms with Gasteiger partial charge in [-0.1, -0.05) is 167 Å². The summed E-state index contributed by atoms with van der Waals surface area (Å²) in [4.78, 5) is 15.2. The van der Waals surface area contributed by atoms with Crippen molar-refractivity contribution in [3.8, 4) is 67.5 Å². The lowest BCUT2D eigenvalue weighted by Gasteiger charge is -2.48. The molecule has 0 spiro atoms. The van der Waals surface area contributed by atoms with E-state index in [0.29, 0.717) is 17.5 Å². The van der Waals surface area contributed by atoms with Gasteiger partial charge in [-0.2, -0.15) is 0 Å². The van der Waals surface area contributed by atoms with Crippen LogP contribution in [0.1, 0.15) is 38.8 Å². The summed E-state index contributed by atoms with van der Waals surface area (Å²) in [5.41, 5.74) is 12.9. The van der Waals surface area contributed by atoms with Crippen LogP contribution in [0.3, 0.4) is 0 Å². The van der Waals surface area contributed by atoms with E-state index >= 15 is 0 Å². The molecule has 1 aromatic heterocycles. The van der Waals surface area contributed by atoms with Crippen molar-refractivity contribution >= 4 is 10.8 Å². The number of fused-ring (bicyclic) bond motifs is 4. The number of hydrogen-bond donors (Lipinski definition) is 0. The van der Waals surface area contributed by atoms with Crippen molar-refractivity contribution < 1.29 is 0 Å². The van der Waals surface area contributed by atoms with Crippen LogP contribution in [-0.4, -0.2) is 15.0 Å². The highest BCUT2D eigenvalue weighted by Gasteiger charge is 2.46. The molecule has 0 saturated heterocycles. The number of nitrogens with zero attached hydrogens (tertiary/aromatic N) is 3. The molecule has 0 amide bonds. The predicted octanol–water partition coefficient (Wildman–Crippen LogP) is 12.6. The third kappa shape index (κ3) is 5.24. The highest BCUT2D eigenvalue weighted by molar-refractivity contribution is 5.99. The van der Waals surface area contributed by atoms with Crippen molar-refractivity contribution in [2.45, 2.75) is 38.5 Å². The molecular weight excluding hydrogens is 631 g/mol. The average molecular weight is 670 g/mol. The van der Waals surface area contributed by atoms with E-state index in [4.69, 9.17) is 15.0 Å². The quantitative estimate of drug-likeness (QED) is 0.183. The summed E-state index contributed by atoms with van der Waals surface area (Å²) >= 11 is 0. The number of benzene rings is 7. The van der Waals surface area contributed by atoms with Crippen LogP contribution in [0, 0.1) is 0 Å². The van der Waals surface area contributed by atoms with Crippen LogP contribution in [0.4, 0.5) is 0 Å². The minimum absolute atomic E-state index is 0.111. The Kier molecular flexibility index (Phi) is 7.48. The first-order valence-corrected chi connectivity index (χ1v) is 18.0. The summed E-state index contributed by atoms with van der Waals surface area (Å²) in [5.74, 6) is 1.98. The fourth-order valence-electron chi connectivity index (χ4n) is 7.85. The van der Waals surface area contributed by atoms with Gasteiger partial charge in [0.1, 0.15) is 0 Å². The molecule has 0 N–H and O–H groups in total. The molecule has 250 valence electrons. The molecule has 0 aliphatic heterocycles. The summed E-state index contributed by atoms with van der Waals surface area (Å²) in [6.45, 7) is 9.61. The normalized spacial score (nSPS) is 14.1. The highest BCUT2D eigenvalue weighted by Crippen LogP contribution is 2.55. The molecule has 0 unspecified atom stereocenters. The SMILES string of the molecule is CC1(C)c2cc(-c3ccccc3)ccc2-c2ccc(-c3cc(-c4nc(-c5ccccc5)nc(-c5ccccc5)n4)c4ccccc4c3)cc2C1(C)C. The van der Waals surface area contributed by atoms with Crippen molar-refractivity contribution in [2.24, 2.45) is 0 Å². The fourth-order valence-corrected chi connectivity index (χ4v) is 7.85. The van der Waals surface area contributed by atoms with Gasteiger partial charge in [0, 0.05) is 16.7 Å². The van der Waals surface area contributed by atoms with Gasteiger partial charge in [-0.05, 0) is 90.4 Å². The molecule has 0 bridgehead atoms. The van der Waals surface area contributed by atoms with E-state index in [0.717, 1.165) is 33.0 Å². The van der Waals surface area contributed by atoms with E-state index in [1.54, 1.807) is 0 Å². The van der Waals surface area contributed by atoms with E-state index < -0.39 is 0 Å². The van der Waals surface area contributed by atoms with E-state index in [1.165, 1.54) is 38.9 Å². The highest BCUT2D eigenvalue weighted by atomic mass is 15.0. The zero-order valence-electron chi connectivity index (χ0n) is 29.9. The first kappa shape index (κ1) is 31.8. The monoisotopic (exact) mass is 669 g/mol. The third-order valence-electron chi connectivity index (χ3n) is 11.5. The largest absolute Gasteiger partial charge is 0.208 e. The van der Waals surface area contributed by atoms with Crippen LogP contribution >= 0.6 is 0 Å². The smallest absolute Gasteiger partial charge is 0.164 e. The van der Waals surface area contributed by atoms with E-state index in [2.05, 4.69) is 155 Å². The summed E-state index contributed by atoms with van der Waals surface area (Å²) < 4.78 is 0. The molecule has 8 aromatic rings. The Morgan fingerprint density at radius 3 is 1.31 bits per heavy atom. The van der Waals surface area contributed by atoms with Gasteiger partial charge in [0.05, 0.1) is 0 Å². The van der Waals surface area contributed by atoms with E-state index in [1.807, 2.05) is 36.4 Å². The van der Waals surface area contributed by atoms with Crippen LogP contribution in [0.5, 0.6) is 0 Å². The second kappa shape index (κ2) is 12.2. The summed E-state index contributed by atoms with van der Waals surface area (Å²) in [5, 5.41) is 2.26. The van der Waals surface area contributed by atoms with Crippen molar-refractivity contribution in [3.05, 3.63) is 175 Å². The molecule has 3 nitrogen and oxygen atoms in total. The van der Waals surface area contributed by atoms with Crippen LogP contribution in [0.25, 0.3) is 78.3 Å². The van der Waals surface area contributed by atoms with Crippen molar-refractivity contribution in [3.63, 3.8) is 0 Å². The predicted molar refractivity (Wildman–Crippen MR) is 216 cm³/mol. The fraction of sp³-hybridized carbons (Fsp3) is 0.122. The third-order valence-corrected chi connectivity index (χ3v) is 11.5. The maximum absolute atomic E-state index is 5.13. The number of hydrogen-bond acceptors (Lipinski definition) is 3. The molecule has 1 heterocycles. The van der Waals surface area contributed by atoms with Gasteiger partial charge in [-0.25, -0.2) is 15.0 Å². The standard InChI is InChI=1S/C49H39N3/c1-48(2)43-30-35(32-16-8-5-9-17-32)24-26-40(43)41-27-25-36(31-44(41)49(48,3)4)38-28-37-22-14-15-23-39(37)42(29-38)47-51-45(33-18-10-6-11-19-33)50-46(52-47)34-20-12-7-13-21-34/h5-31H,1-4H3. The molecule has 1 aliphatic rings. The number of rotatable bonds is 5. The van der Waals surface area contributed by atoms with Gasteiger partial charge in [-0.3, -0.25) is 0 Å². The lowest BCUT2D eigenvalue weighted by atomic mass is 9.55. The Labute approximate surface area is 305 Å².